The number of hydrogen-bond donors (Lipinski definition) is 3. The summed E-state index contributed by atoms with van der Waals surface area (Å²) < 4.78 is 0. The van der Waals surface area contributed by atoms with E-state index in [0.717, 1.165) is 0 Å². The van der Waals surface area contributed by atoms with Gasteiger partial charge in [-0.05, 0) is 19.1 Å². The van der Waals surface area contributed by atoms with Crippen LogP contribution in [-0.2, 0) is 0 Å². The first kappa shape index (κ1) is 11.8. The molecule has 0 aliphatic heterocycles. The molecule has 1 heterocycles. The first-order valence-electron chi connectivity index (χ1n) is 5.16. The van der Waals surface area contributed by atoms with Gasteiger partial charge in [-0.25, -0.2) is 0 Å². The normalized spacial score (nSPS) is 10.1. The highest BCUT2D eigenvalue weighted by atomic mass is 16.2. The van der Waals surface area contributed by atoms with Crippen LogP contribution in [0.15, 0.2) is 24.3 Å². The molecular formula is C11H11N5O2. The molecule has 1 aromatic carbocycles. The van der Waals surface area contributed by atoms with Gasteiger partial charge in [-0.3, -0.25) is 9.59 Å². The van der Waals surface area contributed by atoms with Crippen LogP contribution in [0.5, 0.6) is 0 Å². The second kappa shape index (κ2) is 4.66. The second-order valence-corrected chi connectivity index (χ2v) is 3.65. The molecule has 0 bridgehead atoms. The van der Waals surface area contributed by atoms with E-state index in [2.05, 4.69) is 20.7 Å². The molecule has 0 saturated carbocycles. The smallest absolute Gasteiger partial charge is 0.280 e. The maximum absolute atomic E-state index is 11.8. The quantitative estimate of drug-likeness (QED) is 0.693. The van der Waals surface area contributed by atoms with Crippen LogP contribution >= 0.6 is 0 Å². The third-order valence-corrected chi connectivity index (χ3v) is 2.32. The number of aromatic amines is 1. The number of aromatic nitrogens is 3. The molecule has 0 unspecified atom stereocenters. The van der Waals surface area contributed by atoms with E-state index in [0.29, 0.717) is 11.3 Å². The molecule has 4 N–H and O–H groups in total. The number of nitrogen functional groups attached to an aromatic ring is 1. The van der Waals surface area contributed by atoms with Crippen molar-refractivity contribution >= 4 is 23.2 Å². The number of H-pyrrole nitrogens is 1. The highest BCUT2D eigenvalue weighted by Crippen LogP contribution is 2.13. The van der Waals surface area contributed by atoms with E-state index in [4.69, 9.17) is 5.73 Å². The number of anilines is 2. The van der Waals surface area contributed by atoms with Crippen LogP contribution in [0.4, 0.5) is 11.5 Å². The number of Topliss-reactive ketones (excluding diaryl/α,β-unsaturated/α-hetero) is 1. The lowest BCUT2D eigenvalue weighted by Gasteiger charge is -2.04. The summed E-state index contributed by atoms with van der Waals surface area (Å²) in [5, 5.41) is 12.0. The second-order valence-electron chi connectivity index (χ2n) is 3.65. The number of nitrogens with zero attached hydrogens (tertiary/aromatic N) is 2. The average Bonchev–Trinajstić information content (AvgIpc) is 2.76. The Bertz CT molecular complexity index is 605. The Hall–Kier alpha value is -2.70. The molecule has 7 heteroatoms. The molecule has 0 aliphatic carbocycles. The fourth-order valence-corrected chi connectivity index (χ4v) is 1.41. The van der Waals surface area contributed by atoms with E-state index in [9.17, 15) is 9.59 Å². The van der Waals surface area contributed by atoms with Crippen LogP contribution in [0.1, 0.15) is 27.8 Å². The van der Waals surface area contributed by atoms with Gasteiger partial charge in [0.05, 0.1) is 0 Å². The van der Waals surface area contributed by atoms with Crippen LogP contribution in [0.3, 0.4) is 0 Å². The topological polar surface area (TPSA) is 114 Å². The Morgan fingerprint density at radius 3 is 2.72 bits per heavy atom. The Morgan fingerprint density at radius 1 is 1.33 bits per heavy atom. The number of benzene rings is 1. The minimum Gasteiger partial charge on any atom is -0.380 e. The van der Waals surface area contributed by atoms with Crippen molar-refractivity contribution in [3.05, 3.63) is 35.5 Å². The zero-order valence-electron chi connectivity index (χ0n) is 9.60. The number of hydrogen-bond acceptors (Lipinski definition) is 5. The summed E-state index contributed by atoms with van der Waals surface area (Å²) >= 11 is 0. The molecule has 0 fully saturated rings. The number of nitrogens with one attached hydrogen (secondary N) is 2. The average molecular weight is 245 g/mol. The van der Waals surface area contributed by atoms with Gasteiger partial charge in [-0.2, -0.15) is 5.21 Å². The lowest BCUT2D eigenvalue weighted by atomic mass is 10.1. The third-order valence-electron chi connectivity index (χ3n) is 2.32. The number of carbonyl (C=O) groups excluding carboxylic acids is 2. The maximum atomic E-state index is 11.8. The zero-order valence-corrected chi connectivity index (χ0v) is 9.60. The van der Waals surface area contributed by atoms with Crippen LogP contribution < -0.4 is 11.1 Å². The fourth-order valence-electron chi connectivity index (χ4n) is 1.41. The number of carbonyl (C=O) groups is 2. The molecule has 92 valence electrons. The van der Waals surface area contributed by atoms with Crippen molar-refractivity contribution in [2.75, 3.05) is 11.1 Å². The summed E-state index contributed by atoms with van der Waals surface area (Å²) in [4.78, 5) is 23.0. The van der Waals surface area contributed by atoms with Crippen molar-refractivity contribution < 1.29 is 9.59 Å². The lowest BCUT2D eigenvalue weighted by molar-refractivity contribution is 0.100. The summed E-state index contributed by atoms with van der Waals surface area (Å²) in [6.07, 6.45) is 0. The maximum Gasteiger partial charge on any atom is 0.280 e. The van der Waals surface area contributed by atoms with Crippen LogP contribution in [-0.4, -0.2) is 27.1 Å². The molecule has 0 saturated heterocycles. The van der Waals surface area contributed by atoms with Crippen LogP contribution in [0.25, 0.3) is 0 Å². The van der Waals surface area contributed by atoms with E-state index in [1.165, 1.54) is 6.92 Å². The predicted molar refractivity (Wildman–Crippen MR) is 65.2 cm³/mol. The van der Waals surface area contributed by atoms with Gasteiger partial charge in [0.15, 0.2) is 17.3 Å². The van der Waals surface area contributed by atoms with Gasteiger partial charge in [0.25, 0.3) is 5.91 Å². The van der Waals surface area contributed by atoms with E-state index >= 15 is 0 Å². The molecule has 0 atom stereocenters. The van der Waals surface area contributed by atoms with Crippen molar-refractivity contribution in [3.8, 4) is 0 Å². The summed E-state index contributed by atoms with van der Waals surface area (Å²) in [7, 11) is 0. The largest absolute Gasteiger partial charge is 0.380 e. The number of rotatable bonds is 3. The molecule has 2 rings (SSSR count). The molecule has 0 aliphatic rings. The molecule has 18 heavy (non-hydrogen) atoms. The fraction of sp³-hybridized carbons (Fsp3) is 0.0909. The lowest BCUT2D eigenvalue weighted by Crippen LogP contribution is -2.14. The van der Waals surface area contributed by atoms with E-state index in [1.807, 2.05) is 0 Å². The van der Waals surface area contributed by atoms with E-state index in [-0.39, 0.29) is 17.3 Å². The monoisotopic (exact) mass is 245 g/mol. The minimum atomic E-state index is -0.484. The highest BCUT2D eigenvalue weighted by molar-refractivity contribution is 6.06. The Morgan fingerprint density at radius 2 is 2.11 bits per heavy atom. The summed E-state index contributed by atoms with van der Waals surface area (Å²) in [6, 6.07) is 6.60. The van der Waals surface area contributed by atoms with E-state index in [1.54, 1.807) is 24.3 Å². The Kier molecular flexibility index (Phi) is 3.05. The minimum absolute atomic E-state index is 0.0169. The van der Waals surface area contributed by atoms with Crippen molar-refractivity contribution in [2.45, 2.75) is 6.92 Å². The van der Waals surface area contributed by atoms with Gasteiger partial charge in [-0.15, -0.1) is 10.2 Å². The Labute approximate surface area is 102 Å². The molecule has 1 amide bonds. The molecule has 7 nitrogen and oxygen atoms in total. The molecular weight excluding hydrogens is 234 g/mol. The summed E-state index contributed by atoms with van der Waals surface area (Å²) in [5.74, 6) is -0.538. The molecule has 2 aromatic rings. The number of amides is 1. The highest BCUT2D eigenvalue weighted by Gasteiger charge is 2.14. The van der Waals surface area contributed by atoms with Crippen molar-refractivity contribution in [2.24, 2.45) is 0 Å². The van der Waals surface area contributed by atoms with Crippen LogP contribution in [0, 0.1) is 0 Å². The van der Waals surface area contributed by atoms with E-state index < -0.39 is 5.91 Å². The van der Waals surface area contributed by atoms with Gasteiger partial charge in [0.1, 0.15) is 0 Å². The van der Waals surface area contributed by atoms with Crippen LogP contribution in [0.2, 0.25) is 0 Å². The first-order chi connectivity index (χ1) is 8.58. The van der Waals surface area contributed by atoms with Crippen molar-refractivity contribution in [3.63, 3.8) is 0 Å². The standard InChI is InChI=1S/C11H11N5O2/c1-6(17)7-3-2-4-8(5-7)13-11(18)9-10(12)15-16-14-9/h2-5H,1H3,(H,13,18)(H3,12,14,15,16). The van der Waals surface area contributed by atoms with Gasteiger partial charge < -0.3 is 11.1 Å². The first-order valence-corrected chi connectivity index (χ1v) is 5.16. The summed E-state index contributed by atoms with van der Waals surface area (Å²) in [6.45, 7) is 1.45. The van der Waals surface area contributed by atoms with Gasteiger partial charge in [0, 0.05) is 11.3 Å². The van der Waals surface area contributed by atoms with Gasteiger partial charge in [-0.1, -0.05) is 12.1 Å². The summed E-state index contributed by atoms with van der Waals surface area (Å²) in [5.41, 5.74) is 6.48. The molecule has 1 aromatic heterocycles. The molecule has 0 radical (unpaired) electrons. The predicted octanol–water partition coefficient (Wildman–Crippen LogP) is 0.842. The number of nitrogens with two attached hydrogens (primary N) is 1. The number of ketones is 1. The van der Waals surface area contributed by atoms with Gasteiger partial charge >= 0.3 is 0 Å². The van der Waals surface area contributed by atoms with Gasteiger partial charge in [0.2, 0.25) is 0 Å². The zero-order chi connectivity index (χ0) is 13.1. The SMILES string of the molecule is CC(=O)c1cccc(NC(=O)c2n[nH]nc2N)c1. The van der Waals surface area contributed by atoms with Crippen molar-refractivity contribution in [1.82, 2.24) is 15.4 Å². The molecule has 0 spiro atoms. The third kappa shape index (κ3) is 2.34. The van der Waals surface area contributed by atoms with Crippen molar-refractivity contribution in [1.29, 1.82) is 0 Å². The Balaban J connectivity index is 2.20.